The van der Waals surface area contributed by atoms with Crippen LogP contribution in [-0.4, -0.2) is 39.9 Å². The number of aromatic nitrogens is 1. The summed E-state index contributed by atoms with van der Waals surface area (Å²) in [5, 5.41) is 19.6. The van der Waals surface area contributed by atoms with Crippen molar-refractivity contribution in [3.05, 3.63) is 107 Å². The van der Waals surface area contributed by atoms with Crippen molar-refractivity contribution in [3.8, 4) is 11.5 Å². The molecule has 7 heteroatoms. The fourth-order valence-electron chi connectivity index (χ4n) is 4.83. The van der Waals surface area contributed by atoms with Gasteiger partial charge in [-0.1, -0.05) is 60.7 Å². The SMILES string of the molecule is Cc1ccccc1OC/C=C/COc1ccc(C=Cc2cccc3c(CCCC(=O)O)c(C)n(CC(=O)O)c23)cc1. The van der Waals surface area contributed by atoms with Crippen LogP contribution in [0.4, 0.5) is 0 Å². The van der Waals surface area contributed by atoms with Gasteiger partial charge in [0.25, 0.3) is 0 Å². The van der Waals surface area contributed by atoms with E-state index in [4.69, 9.17) is 14.6 Å². The molecular weight excluding hydrogens is 518 g/mol. The summed E-state index contributed by atoms with van der Waals surface area (Å²) < 4.78 is 13.4. The van der Waals surface area contributed by atoms with Crippen molar-refractivity contribution >= 4 is 35.0 Å². The maximum absolute atomic E-state index is 11.7. The Bertz CT molecular complexity index is 1560. The van der Waals surface area contributed by atoms with E-state index in [9.17, 15) is 14.7 Å². The van der Waals surface area contributed by atoms with E-state index in [-0.39, 0.29) is 13.0 Å². The van der Waals surface area contributed by atoms with Crippen LogP contribution in [0.25, 0.3) is 23.1 Å². The van der Waals surface area contributed by atoms with Gasteiger partial charge in [0.2, 0.25) is 0 Å². The number of benzene rings is 3. The van der Waals surface area contributed by atoms with Gasteiger partial charge in [0, 0.05) is 17.5 Å². The van der Waals surface area contributed by atoms with Gasteiger partial charge in [-0.05, 0) is 79.3 Å². The summed E-state index contributed by atoms with van der Waals surface area (Å²) in [6, 6.07) is 21.6. The third-order valence-electron chi connectivity index (χ3n) is 6.89. The van der Waals surface area contributed by atoms with Crippen LogP contribution in [0.1, 0.15) is 40.8 Å². The third kappa shape index (κ3) is 7.88. The van der Waals surface area contributed by atoms with E-state index in [1.54, 1.807) is 0 Å². The number of carboxylic acids is 2. The first-order valence-corrected chi connectivity index (χ1v) is 13.6. The van der Waals surface area contributed by atoms with E-state index in [0.717, 1.165) is 50.3 Å². The molecule has 0 saturated carbocycles. The fraction of sp³-hybridized carbons (Fsp3) is 0.235. The lowest BCUT2D eigenvalue weighted by molar-refractivity contribution is -0.138. The average Bonchev–Trinajstić information content (AvgIpc) is 3.21. The number of nitrogens with zero attached hydrogens (tertiary/aromatic N) is 1. The molecule has 7 nitrogen and oxygen atoms in total. The van der Waals surface area contributed by atoms with Gasteiger partial charge < -0.3 is 24.3 Å². The number of hydrogen-bond donors (Lipinski definition) is 2. The minimum Gasteiger partial charge on any atom is -0.490 e. The molecule has 41 heavy (non-hydrogen) atoms. The Morgan fingerprint density at radius 1 is 0.829 bits per heavy atom. The molecule has 0 aliphatic carbocycles. The first-order chi connectivity index (χ1) is 19.8. The first kappa shape index (κ1) is 29.2. The van der Waals surface area contributed by atoms with Crippen molar-refractivity contribution < 1.29 is 29.3 Å². The van der Waals surface area contributed by atoms with Crippen molar-refractivity contribution in [1.29, 1.82) is 0 Å². The van der Waals surface area contributed by atoms with Crippen LogP contribution >= 0.6 is 0 Å². The van der Waals surface area contributed by atoms with E-state index in [2.05, 4.69) is 0 Å². The molecule has 1 heterocycles. The van der Waals surface area contributed by atoms with Gasteiger partial charge in [0.15, 0.2) is 0 Å². The van der Waals surface area contributed by atoms with Crippen molar-refractivity contribution in [3.63, 3.8) is 0 Å². The summed E-state index contributed by atoms with van der Waals surface area (Å²) in [6.45, 7) is 4.66. The van der Waals surface area contributed by atoms with Crippen LogP contribution in [0.15, 0.2) is 78.9 Å². The molecule has 0 unspecified atom stereocenters. The molecule has 1 aromatic heterocycles. The van der Waals surface area contributed by atoms with Crippen LogP contribution in [0.2, 0.25) is 0 Å². The normalized spacial score (nSPS) is 11.5. The number of aliphatic carboxylic acids is 2. The number of carbonyl (C=O) groups is 2. The van der Waals surface area contributed by atoms with E-state index in [0.29, 0.717) is 26.1 Å². The predicted molar refractivity (Wildman–Crippen MR) is 162 cm³/mol. The Morgan fingerprint density at radius 2 is 1.56 bits per heavy atom. The Morgan fingerprint density at radius 3 is 2.27 bits per heavy atom. The molecule has 4 aromatic rings. The quantitative estimate of drug-likeness (QED) is 0.130. The highest BCUT2D eigenvalue weighted by Crippen LogP contribution is 2.31. The highest BCUT2D eigenvalue weighted by atomic mass is 16.5. The number of aryl methyl sites for hydroxylation is 2. The van der Waals surface area contributed by atoms with Gasteiger partial charge in [0.05, 0.1) is 5.52 Å². The van der Waals surface area contributed by atoms with Crippen LogP contribution in [0.3, 0.4) is 0 Å². The summed E-state index contributed by atoms with van der Waals surface area (Å²) in [5.41, 5.74) is 5.67. The predicted octanol–water partition coefficient (Wildman–Crippen LogP) is 6.93. The average molecular weight is 554 g/mol. The molecule has 0 saturated heterocycles. The Labute approximate surface area is 240 Å². The van der Waals surface area contributed by atoms with E-state index in [1.807, 2.05) is 109 Å². The topological polar surface area (TPSA) is 98.0 Å². The zero-order valence-corrected chi connectivity index (χ0v) is 23.4. The summed E-state index contributed by atoms with van der Waals surface area (Å²) in [4.78, 5) is 22.7. The molecule has 0 atom stereocenters. The van der Waals surface area contributed by atoms with Crippen LogP contribution in [0.5, 0.6) is 11.5 Å². The van der Waals surface area contributed by atoms with Gasteiger partial charge >= 0.3 is 11.9 Å². The molecule has 0 bridgehead atoms. The summed E-state index contributed by atoms with van der Waals surface area (Å²) >= 11 is 0. The molecule has 4 rings (SSSR count). The second-order valence-electron chi connectivity index (χ2n) is 9.80. The number of fused-ring (bicyclic) bond motifs is 1. The molecule has 212 valence electrons. The second kappa shape index (κ2) is 14.0. The van der Waals surface area contributed by atoms with Crippen LogP contribution < -0.4 is 9.47 Å². The number of hydrogen-bond acceptors (Lipinski definition) is 4. The van der Waals surface area contributed by atoms with Gasteiger partial charge in [-0.25, -0.2) is 0 Å². The fourth-order valence-corrected chi connectivity index (χ4v) is 4.83. The van der Waals surface area contributed by atoms with Crippen molar-refractivity contribution in [1.82, 2.24) is 4.57 Å². The highest BCUT2D eigenvalue weighted by molar-refractivity contribution is 5.95. The smallest absolute Gasteiger partial charge is 0.323 e. The summed E-state index contributed by atoms with van der Waals surface area (Å²) in [7, 11) is 0. The van der Waals surface area contributed by atoms with Crippen LogP contribution in [0, 0.1) is 13.8 Å². The Kier molecular flexibility index (Phi) is 9.99. The molecule has 0 fully saturated rings. The second-order valence-corrected chi connectivity index (χ2v) is 9.80. The molecule has 0 aliphatic rings. The monoisotopic (exact) mass is 553 g/mol. The van der Waals surface area contributed by atoms with Crippen molar-refractivity contribution in [2.75, 3.05) is 13.2 Å². The molecular formula is C34H35NO6. The number of ether oxygens (including phenoxy) is 2. The van der Waals surface area contributed by atoms with E-state index >= 15 is 0 Å². The number of para-hydroxylation sites is 2. The lowest BCUT2D eigenvalue weighted by atomic mass is 10.0. The van der Waals surface area contributed by atoms with Gasteiger partial charge in [-0.2, -0.15) is 0 Å². The number of carboxylic acid groups (broad SMARTS) is 2. The number of rotatable bonds is 14. The van der Waals surface area contributed by atoms with Crippen molar-refractivity contribution in [2.24, 2.45) is 0 Å². The van der Waals surface area contributed by atoms with E-state index in [1.165, 1.54) is 0 Å². The van der Waals surface area contributed by atoms with E-state index < -0.39 is 11.9 Å². The summed E-state index contributed by atoms with van der Waals surface area (Å²) in [5.74, 6) is -0.132. The zero-order valence-electron chi connectivity index (χ0n) is 23.4. The zero-order chi connectivity index (χ0) is 29.2. The molecule has 0 radical (unpaired) electrons. The first-order valence-electron chi connectivity index (χ1n) is 13.6. The molecule has 0 aliphatic heterocycles. The van der Waals surface area contributed by atoms with Gasteiger partial charge in [-0.3, -0.25) is 9.59 Å². The molecule has 2 N–H and O–H groups in total. The van der Waals surface area contributed by atoms with Crippen LogP contribution in [-0.2, 0) is 22.6 Å². The maximum atomic E-state index is 11.7. The van der Waals surface area contributed by atoms with Gasteiger partial charge in [0.1, 0.15) is 31.3 Å². The molecule has 0 spiro atoms. The Balaban J connectivity index is 1.41. The maximum Gasteiger partial charge on any atom is 0.323 e. The molecule has 3 aromatic carbocycles. The lowest BCUT2D eigenvalue weighted by Gasteiger charge is -2.08. The highest BCUT2D eigenvalue weighted by Gasteiger charge is 2.18. The summed E-state index contributed by atoms with van der Waals surface area (Å²) in [6.07, 6.45) is 8.97. The third-order valence-corrected chi connectivity index (χ3v) is 6.89. The van der Waals surface area contributed by atoms with Crippen molar-refractivity contribution in [2.45, 2.75) is 39.7 Å². The lowest BCUT2D eigenvalue weighted by Crippen LogP contribution is -2.10. The Hall–Kier alpha value is -4.78. The standard InChI is InChI=1S/C34H35NO6/c1-24-9-3-4-13-31(24)41-22-6-5-21-40-28-19-16-26(17-20-28)15-18-27-10-7-12-30-29(11-8-14-32(36)37)25(2)35(34(27)30)23-33(38)39/h3-7,9-10,12-13,15-20H,8,11,14,21-23H2,1-2H3,(H,36,37)(H,38,39)/b6-5+,18-15?. The largest absolute Gasteiger partial charge is 0.490 e. The molecule has 0 amide bonds. The van der Waals surface area contributed by atoms with Gasteiger partial charge in [-0.15, -0.1) is 0 Å². The minimum absolute atomic E-state index is 0.0724. The minimum atomic E-state index is -0.926.